The number of non-ortho nitro benzene ring substituents is 1. The van der Waals surface area contributed by atoms with Gasteiger partial charge in [0, 0.05) is 12.1 Å². The number of benzene rings is 2. The molecule has 0 spiro atoms. The number of amides is 1. The highest BCUT2D eigenvalue weighted by atomic mass is 16.6. The van der Waals surface area contributed by atoms with Crippen molar-refractivity contribution in [2.24, 2.45) is 0 Å². The summed E-state index contributed by atoms with van der Waals surface area (Å²) in [7, 11) is 0. The van der Waals surface area contributed by atoms with Crippen molar-refractivity contribution < 1.29 is 14.5 Å². The van der Waals surface area contributed by atoms with Gasteiger partial charge in [0.25, 0.3) is 11.6 Å². The zero-order valence-corrected chi connectivity index (χ0v) is 13.2. The van der Waals surface area contributed by atoms with Crippen molar-refractivity contribution in [3.63, 3.8) is 0 Å². The Bertz CT molecular complexity index is 743. The lowest BCUT2D eigenvalue weighted by atomic mass is 10.1. The molecule has 1 atom stereocenters. The Labute approximate surface area is 134 Å². The third-order valence-corrected chi connectivity index (χ3v) is 3.46. The second-order valence-electron chi connectivity index (χ2n) is 5.27. The minimum Gasteiger partial charge on any atom is -0.481 e. The van der Waals surface area contributed by atoms with Crippen molar-refractivity contribution in [1.29, 1.82) is 0 Å². The first-order chi connectivity index (χ1) is 10.9. The van der Waals surface area contributed by atoms with Gasteiger partial charge in [0.05, 0.1) is 10.6 Å². The van der Waals surface area contributed by atoms with E-state index in [1.807, 2.05) is 25.1 Å². The lowest BCUT2D eigenvalue weighted by molar-refractivity contribution is -0.384. The molecule has 2 aromatic rings. The van der Waals surface area contributed by atoms with Crippen LogP contribution in [0.4, 0.5) is 11.4 Å². The van der Waals surface area contributed by atoms with E-state index >= 15 is 0 Å². The van der Waals surface area contributed by atoms with Crippen LogP contribution in [0.2, 0.25) is 0 Å². The molecule has 0 radical (unpaired) electrons. The molecule has 1 N–H and O–H groups in total. The summed E-state index contributed by atoms with van der Waals surface area (Å²) in [4.78, 5) is 22.6. The van der Waals surface area contributed by atoms with Crippen molar-refractivity contribution in [1.82, 2.24) is 0 Å². The summed E-state index contributed by atoms with van der Waals surface area (Å²) in [5.41, 5.74) is 2.01. The predicted octanol–water partition coefficient (Wildman–Crippen LogP) is 3.62. The van der Waals surface area contributed by atoms with Gasteiger partial charge in [-0.05, 0) is 38.0 Å². The van der Waals surface area contributed by atoms with E-state index in [0.29, 0.717) is 11.4 Å². The number of aryl methyl sites for hydroxylation is 2. The summed E-state index contributed by atoms with van der Waals surface area (Å²) in [6.45, 7) is 5.30. The Balaban J connectivity index is 2.11. The Morgan fingerprint density at radius 1 is 1.17 bits per heavy atom. The second kappa shape index (κ2) is 6.91. The van der Waals surface area contributed by atoms with Gasteiger partial charge in [0.2, 0.25) is 0 Å². The van der Waals surface area contributed by atoms with Crippen molar-refractivity contribution in [2.45, 2.75) is 26.9 Å². The monoisotopic (exact) mass is 314 g/mol. The highest BCUT2D eigenvalue weighted by molar-refractivity contribution is 5.95. The highest BCUT2D eigenvalue weighted by Crippen LogP contribution is 2.23. The molecule has 0 aliphatic heterocycles. The van der Waals surface area contributed by atoms with Crippen LogP contribution in [-0.4, -0.2) is 16.9 Å². The van der Waals surface area contributed by atoms with Gasteiger partial charge < -0.3 is 10.1 Å². The van der Waals surface area contributed by atoms with Crippen molar-refractivity contribution in [3.8, 4) is 5.75 Å². The molecule has 0 heterocycles. The molecule has 0 saturated heterocycles. The first-order valence-corrected chi connectivity index (χ1v) is 7.16. The fourth-order valence-electron chi connectivity index (χ4n) is 2.03. The van der Waals surface area contributed by atoms with Crippen LogP contribution in [0.15, 0.2) is 42.5 Å². The Hall–Kier alpha value is -2.89. The minimum atomic E-state index is -0.727. The van der Waals surface area contributed by atoms with E-state index in [1.165, 1.54) is 12.1 Å². The van der Waals surface area contributed by atoms with E-state index in [9.17, 15) is 14.9 Å². The first-order valence-electron chi connectivity index (χ1n) is 7.16. The summed E-state index contributed by atoms with van der Waals surface area (Å²) >= 11 is 0. The topological polar surface area (TPSA) is 81.5 Å². The number of carbonyl (C=O) groups excluding carboxylic acids is 1. The van der Waals surface area contributed by atoms with E-state index < -0.39 is 11.0 Å². The molecule has 0 aliphatic carbocycles. The van der Waals surface area contributed by atoms with Gasteiger partial charge in [-0.1, -0.05) is 24.3 Å². The molecule has 6 nitrogen and oxygen atoms in total. The molecule has 2 aromatic carbocycles. The Kier molecular flexibility index (Phi) is 4.95. The van der Waals surface area contributed by atoms with E-state index in [0.717, 1.165) is 11.1 Å². The number of nitro benzene ring substituents is 1. The average molecular weight is 314 g/mol. The lowest BCUT2D eigenvalue weighted by Crippen LogP contribution is -2.30. The van der Waals surface area contributed by atoms with E-state index in [4.69, 9.17) is 4.74 Å². The van der Waals surface area contributed by atoms with Crippen LogP contribution in [0, 0.1) is 24.0 Å². The summed E-state index contributed by atoms with van der Waals surface area (Å²) in [6.07, 6.45) is -0.727. The quantitative estimate of drug-likeness (QED) is 0.675. The number of nitrogens with one attached hydrogen (secondary N) is 1. The molecule has 0 aromatic heterocycles. The zero-order chi connectivity index (χ0) is 17.0. The lowest BCUT2D eigenvalue weighted by Gasteiger charge is -2.17. The van der Waals surface area contributed by atoms with Crippen LogP contribution in [-0.2, 0) is 4.79 Å². The predicted molar refractivity (Wildman–Crippen MR) is 87.7 cm³/mol. The van der Waals surface area contributed by atoms with Crippen LogP contribution < -0.4 is 10.1 Å². The van der Waals surface area contributed by atoms with E-state index in [1.54, 1.807) is 26.0 Å². The zero-order valence-electron chi connectivity index (χ0n) is 13.2. The summed E-state index contributed by atoms with van der Waals surface area (Å²) in [5, 5.41) is 13.5. The number of nitrogens with zero attached hydrogens (tertiary/aromatic N) is 1. The number of rotatable bonds is 5. The number of hydrogen-bond acceptors (Lipinski definition) is 4. The highest BCUT2D eigenvalue weighted by Gasteiger charge is 2.18. The molecule has 0 saturated carbocycles. The van der Waals surface area contributed by atoms with Gasteiger partial charge in [0.1, 0.15) is 5.75 Å². The molecule has 0 aliphatic rings. The van der Waals surface area contributed by atoms with Crippen LogP contribution in [0.1, 0.15) is 18.1 Å². The van der Waals surface area contributed by atoms with Gasteiger partial charge in [-0.25, -0.2) is 0 Å². The number of hydrogen-bond donors (Lipinski definition) is 1. The maximum Gasteiger partial charge on any atom is 0.271 e. The molecule has 23 heavy (non-hydrogen) atoms. The molecule has 120 valence electrons. The fourth-order valence-corrected chi connectivity index (χ4v) is 2.03. The van der Waals surface area contributed by atoms with Crippen molar-refractivity contribution in [3.05, 3.63) is 63.7 Å². The minimum absolute atomic E-state index is 0.0709. The third-order valence-electron chi connectivity index (χ3n) is 3.46. The molecule has 6 heteroatoms. The van der Waals surface area contributed by atoms with Gasteiger partial charge in [0.15, 0.2) is 6.10 Å². The number of ether oxygens (including phenoxy) is 1. The van der Waals surface area contributed by atoms with Crippen molar-refractivity contribution in [2.75, 3.05) is 5.32 Å². The van der Waals surface area contributed by atoms with Gasteiger partial charge in [-0.3, -0.25) is 14.9 Å². The summed E-state index contributed by atoms with van der Waals surface area (Å²) in [6, 6.07) is 11.7. The number of anilines is 1. The molecule has 1 amide bonds. The van der Waals surface area contributed by atoms with E-state index in [-0.39, 0.29) is 11.6 Å². The molecule has 0 fully saturated rings. The normalized spacial score (nSPS) is 11.6. The molecule has 0 unspecified atom stereocenters. The Morgan fingerprint density at radius 3 is 2.52 bits per heavy atom. The van der Waals surface area contributed by atoms with Crippen LogP contribution in [0.3, 0.4) is 0 Å². The SMILES string of the molecule is Cc1ccc([N+](=O)[O-])cc1NC(=O)[C@@H](C)Oc1ccccc1C. The van der Waals surface area contributed by atoms with E-state index in [2.05, 4.69) is 5.32 Å². The molecular formula is C17H18N2O4. The fraction of sp³-hybridized carbons (Fsp3) is 0.235. The maximum atomic E-state index is 12.3. The van der Waals surface area contributed by atoms with Gasteiger partial charge in [-0.2, -0.15) is 0 Å². The van der Waals surface area contributed by atoms with Crippen LogP contribution >= 0.6 is 0 Å². The Morgan fingerprint density at radius 2 is 1.87 bits per heavy atom. The van der Waals surface area contributed by atoms with Crippen LogP contribution in [0.25, 0.3) is 0 Å². The van der Waals surface area contributed by atoms with Gasteiger partial charge in [-0.15, -0.1) is 0 Å². The largest absolute Gasteiger partial charge is 0.481 e. The average Bonchev–Trinajstić information content (AvgIpc) is 2.51. The summed E-state index contributed by atoms with van der Waals surface area (Å²) < 4.78 is 5.65. The molecular weight excluding hydrogens is 296 g/mol. The second-order valence-corrected chi connectivity index (χ2v) is 5.27. The smallest absolute Gasteiger partial charge is 0.271 e. The summed E-state index contributed by atoms with van der Waals surface area (Å²) in [5.74, 6) is 0.266. The first kappa shape index (κ1) is 16.5. The van der Waals surface area contributed by atoms with Crippen molar-refractivity contribution >= 4 is 17.3 Å². The number of nitro groups is 1. The number of para-hydroxylation sites is 1. The maximum absolute atomic E-state index is 12.3. The van der Waals surface area contributed by atoms with Crippen LogP contribution in [0.5, 0.6) is 5.75 Å². The molecule has 0 bridgehead atoms. The number of carbonyl (C=O) groups is 1. The molecule has 2 rings (SSSR count). The van der Waals surface area contributed by atoms with Gasteiger partial charge >= 0.3 is 0 Å². The third kappa shape index (κ3) is 4.06. The standard InChI is InChI=1S/C17H18N2O4/c1-11-8-9-14(19(21)22)10-15(11)18-17(20)13(3)23-16-7-5-4-6-12(16)2/h4-10,13H,1-3H3,(H,18,20)/t13-/m1/s1.